The molecule has 1 aromatic carbocycles. The molecule has 0 radical (unpaired) electrons. The van der Waals surface area contributed by atoms with E-state index in [1.165, 1.54) is 6.92 Å². The number of hydrogen-bond donors (Lipinski definition) is 1. The number of carbonyl (C=O) groups is 2. The van der Waals surface area contributed by atoms with Crippen LogP contribution < -0.4 is 10.2 Å². The number of nitrogens with one attached hydrogen (secondary N) is 1. The topological polar surface area (TPSA) is 49.4 Å². The minimum Gasteiger partial charge on any atom is -0.351 e. The molecule has 0 heterocycles. The maximum Gasteiger partial charge on any atom is 0.223 e. The molecule has 1 N–H and O–H groups in total. The summed E-state index contributed by atoms with van der Waals surface area (Å²) >= 11 is 3.38. The van der Waals surface area contributed by atoms with E-state index in [2.05, 4.69) is 21.2 Å². The van der Waals surface area contributed by atoms with Gasteiger partial charge in [-0.05, 0) is 39.0 Å². The van der Waals surface area contributed by atoms with Crippen molar-refractivity contribution in [3.63, 3.8) is 0 Å². The highest BCUT2D eigenvalue weighted by molar-refractivity contribution is 9.10. The molecule has 0 aliphatic heterocycles. The average molecular weight is 341 g/mol. The molecule has 0 spiro atoms. The van der Waals surface area contributed by atoms with Crippen LogP contribution in [0.15, 0.2) is 28.7 Å². The van der Waals surface area contributed by atoms with Gasteiger partial charge in [-0.25, -0.2) is 0 Å². The van der Waals surface area contributed by atoms with Gasteiger partial charge in [0.05, 0.1) is 0 Å². The number of amides is 2. The number of nitrogens with zero attached hydrogens (tertiary/aromatic N) is 1. The lowest BCUT2D eigenvalue weighted by Crippen LogP contribution is -2.42. The Balaban J connectivity index is 2.70. The lowest BCUT2D eigenvalue weighted by atomic mass is 10.1. The molecule has 0 fully saturated rings. The third kappa shape index (κ3) is 5.74. The molecular formula is C15H21BrN2O2. The molecule has 2 amide bonds. The number of carbonyl (C=O) groups excluding carboxylic acids is 2. The Morgan fingerprint density at radius 3 is 2.45 bits per heavy atom. The Bertz CT molecular complexity index is 495. The summed E-state index contributed by atoms with van der Waals surface area (Å²) in [5.74, 6) is -0.134. The Morgan fingerprint density at radius 1 is 1.30 bits per heavy atom. The van der Waals surface area contributed by atoms with Crippen LogP contribution in [-0.2, 0) is 9.59 Å². The van der Waals surface area contributed by atoms with Gasteiger partial charge in [0.15, 0.2) is 0 Å². The summed E-state index contributed by atoms with van der Waals surface area (Å²) < 4.78 is 0.903. The summed E-state index contributed by atoms with van der Waals surface area (Å²) in [4.78, 5) is 25.2. The molecule has 0 aliphatic rings. The molecule has 5 heteroatoms. The van der Waals surface area contributed by atoms with Gasteiger partial charge in [-0.3, -0.25) is 9.59 Å². The Morgan fingerprint density at radius 2 is 1.95 bits per heavy atom. The summed E-state index contributed by atoms with van der Waals surface area (Å²) in [6.07, 6.45) is 0.281. The zero-order valence-electron chi connectivity index (χ0n) is 12.4. The predicted molar refractivity (Wildman–Crippen MR) is 84.7 cm³/mol. The fourth-order valence-corrected chi connectivity index (χ4v) is 2.19. The second kappa shape index (κ2) is 6.88. The van der Waals surface area contributed by atoms with E-state index in [9.17, 15) is 9.59 Å². The fourth-order valence-electron chi connectivity index (χ4n) is 1.81. The second-order valence-corrected chi connectivity index (χ2v) is 6.61. The molecule has 20 heavy (non-hydrogen) atoms. The van der Waals surface area contributed by atoms with Crippen LogP contribution in [0.5, 0.6) is 0 Å². The van der Waals surface area contributed by atoms with Gasteiger partial charge in [0.25, 0.3) is 0 Å². The van der Waals surface area contributed by atoms with Crippen molar-refractivity contribution in [1.82, 2.24) is 5.32 Å². The van der Waals surface area contributed by atoms with E-state index in [0.29, 0.717) is 6.54 Å². The zero-order chi connectivity index (χ0) is 15.3. The lowest BCUT2D eigenvalue weighted by molar-refractivity contribution is -0.122. The molecule has 1 rings (SSSR count). The highest BCUT2D eigenvalue weighted by atomic mass is 79.9. The molecule has 0 aromatic heterocycles. The van der Waals surface area contributed by atoms with E-state index in [-0.39, 0.29) is 23.8 Å². The van der Waals surface area contributed by atoms with Crippen LogP contribution in [0, 0.1) is 0 Å². The van der Waals surface area contributed by atoms with Crippen molar-refractivity contribution in [1.29, 1.82) is 0 Å². The smallest absolute Gasteiger partial charge is 0.223 e. The standard InChI is InChI=1S/C15H21BrN2O2/c1-11(19)18(13-7-5-6-12(16)10-13)9-8-14(20)17-15(2,3)4/h5-7,10H,8-9H2,1-4H3,(H,17,20). The van der Waals surface area contributed by atoms with Gasteiger partial charge < -0.3 is 10.2 Å². The summed E-state index contributed by atoms with van der Waals surface area (Å²) in [6.45, 7) is 7.67. The van der Waals surface area contributed by atoms with Gasteiger partial charge in [-0.15, -0.1) is 0 Å². The fraction of sp³-hybridized carbons (Fsp3) is 0.467. The summed E-state index contributed by atoms with van der Waals surface area (Å²) in [7, 11) is 0. The predicted octanol–water partition coefficient (Wildman–Crippen LogP) is 3.11. The van der Waals surface area contributed by atoms with Crippen LogP contribution in [0.3, 0.4) is 0 Å². The number of anilines is 1. The van der Waals surface area contributed by atoms with Gasteiger partial charge in [-0.2, -0.15) is 0 Å². The molecule has 0 saturated heterocycles. The van der Waals surface area contributed by atoms with Crippen LogP contribution in [0.4, 0.5) is 5.69 Å². The highest BCUT2D eigenvalue weighted by Gasteiger charge is 2.17. The van der Waals surface area contributed by atoms with Gasteiger partial charge in [0.2, 0.25) is 11.8 Å². The largest absolute Gasteiger partial charge is 0.351 e. The second-order valence-electron chi connectivity index (χ2n) is 5.70. The first-order chi connectivity index (χ1) is 9.19. The summed E-state index contributed by atoms with van der Waals surface area (Å²) in [6, 6.07) is 7.48. The maximum absolute atomic E-state index is 11.8. The third-order valence-electron chi connectivity index (χ3n) is 2.58. The Labute approximate surface area is 128 Å². The molecule has 0 unspecified atom stereocenters. The molecule has 0 atom stereocenters. The minimum atomic E-state index is -0.256. The van der Waals surface area contributed by atoms with E-state index in [0.717, 1.165) is 10.2 Å². The number of benzene rings is 1. The van der Waals surface area contributed by atoms with E-state index in [1.807, 2.05) is 45.0 Å². The quantitative estimate of drug-likeness (QED) is 0.915. The van der Waals surface area contributed by atoms with Gasteiger partial charge in [-0.1, -0.05) is 22.0 Å². The molecule has 0 aliphatic carbocycles. The van der Waals surface area contributed by atoms with Crippen molar-refractivity contribution in [2.24, 2.45) is 0 Å². The first-order valence-corrected chi connectivity index (χ1v) is 7.33. The third-order valence-corrected chi connectivity index (χ3v) is 3.07. The van der Waals surface area contributed by atoms with Crippen molar-refractivity contribution in [3.8, 4) is 0 Å². The molecule has 4 nitrogen and oxygen atoms in total. The van der Waals surface area contributed by atoms with Crippen molar-refractivity contribution in [2.45, 2.75) is 39.7 Å². The number of rotatable bonds is 4. The van der Waals surface area contributed by atoms with Crippen LogP contribution >= 0.6 is 15.9 Å². The monoisotopic (exact) mass is 340 g/mol. The van der Waals surface area contributed by atoms with Gasteiger partial charge >= 0.3 is 0 Å². The SMILES string of the molecule is CC(=O)N(CCC(=O)NC(C)(C)C)c1cccc(Br)c1. The van der Waals surface area contributed by atoms with Crippen molar-refractivity contribution >= 4 is 33.4 Å². The molecule has 0 saturated carbocycles. The van der Waals surface area contributed by atoms with Crippen molar-refractivity contribution in [3.05, 3.63) is 28.7 Å². The van der Waals surface area contributed by atoms with Gasteiger partial charge in [0.1, 0.15) is 0 Å². The lowest BCUT2D eigenvalue weighted by Gasteiger charge is -2.24. The van der Waals surface area contributed by atoms with Gasteiger partial charge in [0, 0.05) is 35.6 Å². The van der Waals surface area contributed by atoms with Crippen LogP contribution in [0.25, 0.3) is 0 Å². The minimum absolute atomic E-state index is 0.0567. The van der Waals surface area contributed by atoms with E-state index in [1.54, 1.807) is 4.90 Å². The van der Waals surface area contributed by atoms with E-state index in [4.69, 9.17) is 0 Å². The number of hydrogen-bond acceptors (Lipinski definition) is 2. The van der Waals surface area contributed by atoms with Crippen LogP contribution in [0.1, 0.15) is 34.1 Å². The molecule has 1 aromatic rings. The first kappa shape index (κ1) is 16.7. The Kier molecular flexibility index (Phi) is 5.74. The summed E-state index contributed by atoms with van der Waals surface area (Å²) in [5, 5.41) is 2.89. The van der Waals surface area contributed by atoms with Crippen LogP contribution in [-0.4, -0.2) is 23.9 Å². The van der Waals surface area contributed by atoms with Crippen LogP contribution in [0.2, 0.25) is 0 Å². The maximum atomic E-state index is 11.8. The van der Waals surface area contributed by atoms with Crippen molar-refractivity contribution < 1.29 is 9.59 Å². The van der Waals surface area contributed by atoms with E-state index >= 15 is 0 Å². The Hall–Kier alpha value is -1.36. The molecule has 110 valence electrons. The van der Waals surface area contributed by atoms with Crippen molar-refractivity contribution in [2.75, 3.05) is 11.4 Å². The normalized spacial score (nSPS) is 11.1. The van der Waals surface area contributed by atoms with E-state index < -0.39 is 0 Å². The molecular weight excluding hydrogens is 320 g/mol. The molecule has 0 bridgehead atoms. The zero-order valence-corrected chi connectivity index (χ0v) is 14.0. The summed E-state index contributed by atoms with van der Waals surface area (Å²) in [5.41, 5.74) is 0.531. The number of halogens is 1. The highest BCUT2D eigenvalue weighted by Crippen LogP contribution is 2.20. The first-order valence-electron chi connectivity index (χ1n) is 6.54. The average Bonchev–Trinajstić information content (AvgIpc) is 2.26.